The number of ether oxygens (including phenoxy) is 2. The minimum Gasteiger partial charge on any atom is -0.493 e. The topological polar surface area (TPSA) is 80.9 Å². The molecule has 0 aliphatic carbocycles. The number of carbonyl (C=O) groups is 1. The normalized spacial score (nSPS) is 11.7. The van der Waals surface area contributed by atoms with Gasteiger partial charge < -0.3 is 24.3 Å². The van der Waals surface area contributed by atoms with Gasteiger partial charge in [0, 0.05) is 6.54 Å². The van der Waals surface area contributed by atoms with Crippen LogP contribution in [0, 0.1) is 0 Å². The molecule has 6 nitrogen and oxygen atoms in total. The lowest BCUT2D eigenvalue weighted by molar-refractivity contribution is -0.123. The summed E-state index contributed by atoms with van der Waals surface area (Å²) in [5, 5.41) is 12.5. The molecule has 22 heavy (non-hydrogen) atoms. The van der Waals surface area contributed by atoms with Crippen LogP contribution < -0.4 is 14.8 Å². The summed E-state index contributed by atoms with van der Waals surface area (Å²) < 4.78 is 15.6. The number of carbonyl (C=O) groups excluding carboxylic acids is 1. The van der Waals surface area contributed by atoms with Crippen LogP contribution in [-0.4, -0.2) is 31.3 Å². The molecule has 0 aliphatic rings. The van der Waals surface area contributed by atoms with Gasteiger partial charge in [0.15, 0.2) is 18.1 Å². The van der Waals surface area contributed by atoms with Gasteiger partial charge in [-0.25, -0.2) is 0 Å². The van der Waals surface area contributed by atoms with Crippen molar-refractivity contribution in [3.05, 3.63) is 48.4 Å². The number of furan rings is 1. The predicted molar refractivity (Wildman–Crippen MR) is 79.8 cm³/mol. The molecule has 1 atom stereocenters. The summed E-state index contributed by atoms with van der Waals surface area (Å²) in [4.78, 5) is 11.7. The fourth-order valence-electron chi connectivity index (χ4n) is 1.90. The lowest BCUT2D eigenvalue weighted by atomic mass is 10.2. The summed E-state index contributed by atoms with van der Waals surface area (Å²) in [7, 11) is 1.54. The van der Waals surface area contributed by atoms with E-state index in [1.54, 1.807) is 30.3 Å². The standard InChI is InChI=1S/C16H19NO5/c1-20-14-5-2-3-6-15(14)22-11-16(19)17-9-8-12(18)13-7-4-10-21-13/h2-7,10,12,18H,8-9,11H2,1H3,(H,17,19)/t12-/m0/s1. The van der Waals surface area contributed by atoms with Crippen LogP contribution in [0.5, 0.6) is 11.5 Å². The van der Waals surface area contributed by atoms with Gasteiger partial charge in [0.2, 0.25) is 0 Å². The van der Waals surface area contributed by atoms with Crippen LogP contribution in [0.25, 0.3) is 0 Å². The Balaban J connectivity index is 1.70. The number of aliphatic hydroxyl groups is 1. The van der Waals surface area contributed by atoms with E-state index < -0.39 is 6.10 Å². The van der Waals surface area contributed by atoms with Crippen molar-refractivity contribution in [3.63, 3.8) is 0 Å². The van der Waals surface area contributed by atoms with Gasteiger partial charge in [-0.1, -0.05) is 12.1 Å². The van der Waals surface area contributed by atoms with Gasteiger partial charge in [-0.2, -0.15) is 0 Å². The molecular weight excluding hydrogens is 286 g/mol. The van der Waals surface area contributed by atoms with Crippen molar-refractivity contribution in [1.29, 1.82) is 0 Å². The first-order chi connectivity index (χ1) is 10.7. The highest BCUT2D eigenvalue weighted by Gasteiger charge is 2.11. The summed E-state index contributed by atoms with van der Waals surface area (Å²) in [6.07, 6.45) is 1.14. The Bertz CT molecular complexity index is 582. The minimum atomic E-state index is -0.731. The number of hydrogen-bond donors (Lipinski definition) is 2. The Hall–Kier alpha value is -2.47. The Kier molecular flexibility index (Phi) is 5.85. The van der Waals surface area contributed by atoms with E-state index in [1.165, 1.54) is 13.4 Å². The molecule has 0 spiro atoms. The Morgan fingerprint density at radius 1 is 1.27 bits per heavy atom. The number of amides is 1. The second-order valence-electron chi connectivity index (χ2n) is 4.61. The fourth-order valence-corrected chi connectivity index (χ4v) is 1.90. The average Bonchev–Trinajstić information content (AvgIpc) is 3.07. The first kappa shape index (κ1) is 15.9. The van der Waals surface area contributed by atoms with Crippen LogP contribution in [0.4, 0.5) is 0 Å². The first-order valence-electron chi connectivity index (χ1n) is 6.94. The second-order valence-corrected chi connectivity index (χ2v) is 4.61. The molecule has 1 aromatic heterocycles. The van der Waals surface area contributed by atoms with Crippen molar-refractivity contribution >= 4 is 5.91 Å². The van der Waals surface area contributed by atoms with Crippen molar-refractivity contribution in [2.24, 2.45) is 0 Å². The number of methoxy groups -OCH3 is 1. The van der Waals surface area contributed by atoms with Crippen molar-refractivity contribution < 1.29 is 23.8 Å². The largest absolute Gasteiger partial charge is 0.493 e. The van der Waals surface area contributed by atoms with Gasteiger partial charge in [0.05, 0.1) is 13.4 Å². The highest BCUT2D eigenvalue weighted by Crippen LogP contribution is 2.25. The number of aliphatic hydroxyl groups excluding tert-OH is 1. The van der Waals surface area contributed by atoms with Crippen LogP contribution in [0.3, 0.4) is 0 Å². The Morgan fingerprint density at radius 2 is 2.05 bits per heavy atom. The maximum absolute atomic E-state index is 11.7. The molecule has 0 radical (unpaired) electrons. The van der Waals surface area contributed by atoms with Gasteiger partial charge in [0.1, 0.15) is 11.9 Å². The lowest BCUT2D eigenvalue weighted by Gasteiger charge is -2.11. The molecule has 1 heterocycles. The van der Waals surface area contributed by atoms with Crippen molar-refractivity contribution in [3.8, 4) is 11.5 Å². The maximum atomic E-state index is 11.7. The van der Waals surface area contributed by atoms with Crippen molar-refractivity contribution in [2.75, 3.05) is 20.3 Å². The van der Waals surface area contributed by atoms with Crippen LogP contribution in [-0.2, 0) is 4.79 Å². The molecule has 1 aromatic carbocycles. The highest BCUT2D eigenvalue weighted by molar-refractivity contribution is 5.77. The van der Waals surface area contributed by atoms with Crippen LogP contribution in [0.15, 0.2) is 47.1 Å². The van der Waals surface area contributed by atoms with E-state index in [9.17, 15) is 9.90 Å². The maximum Gasteiger partial charge on any atom is 0.257 e. The number of nitrogens with one attached hydrogen (secondary N) is 1. The molecule has 118 valence electrons. The zero-order valence-electron chi connectivity index (χ0n) is 12.3. The first-order valence-corrected chi connectivity index (χ1v) is 6.94. The lowest BCUT2D eigenvalue weighted by Crippen LogP contribution is -2.30. The van der Waals surface area contributed by atoms with E-state index in [-0.39, 0.29) is 12.5 Å². The van der Waals surface area contributed by atoms with Gasteiger partial charge >= 0.3 is 0 Å². The molecule has 2 rings (SSSR count). The van der Waals surface area contributed by atoms with E-state index in [2.05, 4.69) is 5.32 Å². The predicted octanol–water partition coefficient (Wildman–Crippen LogP) is 1.91. The average molecular weight is 305 g/mol. The Morgan fingerprint density at radius 3 is 2.73 bits per heavy atom. The molecular formula is C16H19NO5. The van der Waals surface area contributed by atoms with Crippen LogP contribution in [0.1, 0.15) is 18.3 Å². The number of hydrogen-bond acceptors (Lipinski definition) is 5. The zero-order chi connectivity index (χ0) is 15.8. The second kappa shape index (κ2) is 8.09. The molecule has 6 heteroatoms. The molecule has 0 aliphatic heterocycles. The van der Waals surface area contributed by atoms with Gasteiger partial charge in [-0.15, -0.1) is 0 Å². The number of benzene rings is 1. The fraction of sp³-hybridized carbons (Fsp3) is 0.312. The molecule has 2 N–H and O–H groups in total. The quantitative estimate of drug-likeness (QED) is 0.778. The third-order valence-electron chi connectivity index (χ3n) is 3.04. The Labute approximate surface area is 128 Å². The molecule has 1 amide bonds. The summed E-state index contributed by atoms with van der Waals surface area (Å²) in [5.41, 5.74) is 0. The van der Waals surface area contributed by atoms with E-state index in [4.69, 9.17) is 13.9 Å². The molecule has 2 aromatic rings. The van der Waals surface area contributed by atoms with Crippen molar-refractivity contribution in [2.45, 2.75) is 12.5 Å². The summed E-state index contributed by atoms with van der Waals surface area (Å²) in [6, 6.07) is 10.5. The molecule has 0 saturated heterocycles. The number of rotatable bonds is 8. The van der Waals surface area contributed by atoms with Crippen molar-refractivity contribution in [1.82, 2.24) is 5.32 Å². The van der Waals surface area contributed by atoms with E-state index in [1.807, 2.05) is 6.07 Å². The minimum absolute atomic E-state index is 0.114. The van der Waals surface area contributed by atoms with Gasteiger partial charge in [-0.3, -0.25) is 4.79 Å². The van der Waals surface area contributed by atoms with E-state index >= 15 is 0 Å². The van der Waals surface area contributed by atoms with Gasteiger partial charge in [0.25, 0.3) is 5.91 Å². The third-order valence-corrected chi connectivity index (χ3v) is 3.04. The summed E-state index contributed by atoms with van der Waals surface area (Å²) >= 11 is 0. The van der Waals surface area contributed by atoms with Crippen LogP contribution >= 0.6 is 0 Å². The molecule has 0 unspecified atom stereocenters. The monoisotopic (exact) mass is 305 g/mol. The van der Waals surface area contributed by atoms with E-state index in [0.717, 1.165) is 0 Å². The third kappa shape index (κ3) is 4.53. The van der Waals surface area contributed by atoms with Gasteiger partial charge in [-0.05, 0) is 30.7 Å². The summed E-state index contributed by atoms with van der Waals surface area (Å²) in [6.45, 7) is 0.215. The molecule has 0 saturated carbocycles. The zero-order valence-corrected chi connectivity index (χ0v) is 12.3. The number of para-hydroxylation sites is 2. The van der Waals surface area contributed by atoms with E-state index in [0.29, 0.717) is 30.2 Å². The molecule has 0 fully saturated rings. The SMILES string of the molecule is COc1ccccc1OCC(=O)NCC[C@H](O)c1ccco1. The smallest absolute Gasteiger partial charge is 0.257 e. The highest BCUT2D eigenvalue weighted by atomic mass is 16.5. The van der Waals surface area contributed by atoms with Crippen LogP contribution in [0.2, 0.25) is 0 Å². The summed E-state index contributed by atoms with van der Waals surface area (Å²) in [5.74, 6) is 1.30. The molecule has 0 bridgehead atoms.